The van der Waals surface area contributed by atoms with Gasteiger partial charge in [0.2, 0.25) is 0 Å². The van der Waals surface area contributed by atoms with Crippen LogP contribution in [0.4, 0.5) is 19.4 Å². The monoisotopic (exact) mass is 229 g/mol. The lowest BCUT2D eigenvalue weighted by Crippen LogP contribution is -2.05. The van der Waals surface area contributed by atoms with Gasteiger partial charge in [-0.25, -0.2) is 0 Å². The molecule has 1 aromatic rings. The van der Waals surface area contributed by atoms with Gasteiger partial charge in [0.05, 0.1) is 0 Å². The number of rotatable bonds is 2. The van der Waals surface area contributed by atoms with E-state index in [4.69, 9.17) is 0 Å². The number of benzene rings is 1. The molecular formula is C8H6F5S. The summed E-state index contributed by atoms with van der Waals surface area (Å²) < 4.78 is 61.1. The van der Waals surface area contributed by atoms with Gasteiger partial charge in [-0.1, -0.05) is 38.1 Å². The Labute approximate surface area is 77.8 Å². The second-order valence-electron chi connectivity index (χ2n) is 2.67. The fraction of sp³-hybridized carbons (Fsp3) is 0. The molecule has 1 rings (SSSR count). The Morgan fingerprint density at radius 2 is 1.64 bits per heavy atom. The van der Waals surface area contributed by atoms with E-state index >= 15 is 0 Å². The Morgan fingerprint density at radius 3 is 2.07 bits per heavy atom. The molecule has 0 bridgehead atoms. The highest BCUT2D eigenvalue weighted by Gasteiger charge is 2.65. The van der Waals surface area contributed by atoms with Crippen LogP contribution in [0, 0.1) is 6.08 Å². The summed E-state index contributed by atoms with van der Waals surface area (Å²) in [6.45, 7) is 3.08. The molecule has 0 unspecified atom stereocenters. The van der Waals surface area contributed by atoms with Gasteiger partial charge in [-0.2, -0.15) is 0 Å². The Bertz CT molecular complexity index is 377. The molecule has 1 radical (unpaired) electrons. The Kier molecular flexibility index (Phi) is 1.82. The van der Waals surface area contributed by atoms with Crippen molar-refractivity contribution < 1.29 is 19.4 Å². The van der Waals surface area contributed by atoms with Crippen LogP contribution in [0.5, 0.6) is 0 Å². The quantitative estimate of drug-likeness (QED) is 0.646. The summed E-state index contributed by atoms with van der Waals surface area (Å²) in [4.78, 5) is -1.92. The first-order valence-corrected chi connectivity index (χ1v) is 5.35. The lowest BCUT2D eigenvalue weighted by molar-refractivity contribution is 0.364. The summed E-state index contributed by atoms with van der Waals surface area (Å²) in [5, 5.41) is 0. The third kappa shape index (κ3) is 2.47. The van der Waals surface area contributed by atoms with Crippen LogP contribution >= 0.6 is 10.2 Å². The zero-order valence-electron chi connectivity index (χ0n) is 6.81. The number of halogens is 5. The van der Waals surface area contributed by atoms with Crippen LogP contribution in [0.2, 0.25) is 0 Å². The third-order valence-corrected chi connectivity index (χ3v) is 2.63. The van der Waals surface area contributed by atoms with Crippen molar-refractivity contribution in [1.82, 2.24) is 0 Å². The first-order chi connectivity index (χ1) is 6.03. The molecule has 0 aliphatic heterocycles. The molecule has 0 atom stereocenters. The van der Waals surface area contributed by atoms with E-state index < -0.39 is 15.1 Å². The molecule has 0 amide bonds. The molecule has 1 aromatic carbocycles. The van der Waals surface area contributed by atoms with Crippen molar-refractivity contribution in [3.63, 3.8) is 0 Å². The van der Waals surface area contributed by atoms with Crippen molar-refractivity contribution in [2.75, 3.05) is 0 Å². The second kappa shape index (κ2) is 2.31. The average Bonchev–Trinajstić information content (AvgIpc) is 2.01. The van der Waals surface area contributed by atoms with Gasteiger partial charge in [-0.05, 0) is 23.8 Å². The molecule has 0 saturated carbocycles. The van der Waals surface area contributed by atoms with Gasteiger partial charge in [0, 0.05) is 0 Å². The SMILES string of the molecule is C=[C]c1cccc(S(F)(F)(F)(F)F)c1. The molecule has 79 valence electrons. The summed E-state index contributed by atoms with van der Waals surface area (Å²) in [6, 6.07) is 2.76. The highest BCUT2D eigenvalue weighted by molar-refractivity contribution is 8.45. The van der Waals surface area contributed by atoms with Crippen molar-refractivity contribution in [3.8, 4) is 0 Å². The summed E-state index contributed by atoms with van der Waals surface area (Å²) >= 11 is 0. The highest BCUT2D eigenvalue weighted by atomic mass is 32.5. The maximum absolute atomic E-state index is 12.2. The fourth-order valence-electron chi connectivity index (χ4n) is 0.846. The molecule has 0 aliphatic rings. The van der Waals surface area contributed by atoms with E-state index in [2.05, 4.69) is 12.7 Å². The molecule has 6 heteroatoms. The van der Waals surface area contributed by atoms with Crippen LogP contribution in [-0.2, 0) is 0 Å². The lowest BCUT2D eigenvalue weighted by Gasteiger charge is -2.40. The predicted molar refractivity (Wildman–Crippen MR) is 45.8 cm³/mol. The Balaban J connectivity index is 3.43. The van der Waals surface area contributed by atoms with Gasteiger partial charge >= 0.3 is 10.2 Å². The van der Waals surface area contributed by atoms with E-state index in [0.717, 1.165) is 6.07 Å². The zero-order chi connectivity index (χ0) is 11.1. The van der Waals surface area contributed by atoms with Gasteiger partial charge in [-0.3, -0.25) is 0 Å². The zero-order valence-corrected chi connectivity index (χ0v) is 7.63. The standard InChI is InChI=1S/C8H6F5S/c1-2-7-4-3-5-8(6-7)14(9,10,11,12)13/h3-6H,1H2. The molecule has 0 N–H and O–H groups in total. The molecule has 0 spiro atoms. The van der Waals surface area contributed by atoms with Crippen LogP contribution in [0.1, 0.15) is 5.56 Å². The predicted octanol–water partition coefficient (Wildman–Crippen LogP) is 4.68. The Hall–Kier alpha value is -1.04. The maximum Gasteiger partial charge on any atom is 0.310 e. The van der Waals surface area contributed by atoms with Gasteiger partial charge in [0.25, 0.3) is 0 Å². The fourth-order valence-corrected chi connectivity index (χ4v) is 1.53. The molecule has 0 nitrogen and oxygen atoms in total. The highest BCUT2D eigenvalue weighted by Crippen LogP contribution is 3.02. The van der Waals surface area contributed by atoms with E-state index in [1.807, 2.05) is 0 Å². The van der Waals surface area contributed by atoms with Crippen LogP contribution in [0.25, 0.3) is 0 Å². The normalized spacial score (nSPS) is 16.9. The summed E-state index contributed by atoms with van der Waals surface area (Å²) in [5.41, 5.74) is -0.115. The van der Waals surface area contributed by atoms with Crippen LogP contribution in [-0.4, -0.2) is 0 Å². The van der Waals surface area contributed by atoms with Gasteiger partial charge in [-0.15, -0.1) is 0 Å². The van der Waals surface area contributed by atoms with Crippen molar-refractivity contribution in [1.29, 1.82) is 0 Å². The molecule has 14 heavy (non-hydrogen) atoms. The molecular weight excluding hydrogens is 223 g/mol. The summed E-state index contributed by atoms with van der Waals surface area (Å²) in [5.74, 6) is 0. The second-order valence-corrected chi connectivity index (χ2v) is 5.08. The van der Waals surface area contributed by atoms with E-state index in [0.29, 0.717) is 12.1 Å². The average molecular weight is 229 g/mol. The van der Waals surface area contributed by atoms with Crippen LogP contribution in [0.3, 0.4) is 0 Å². The van der Waals surface area contributed by atoms with Crippen molar-refractivity contribution in [3.05, 3.63) is 42.5 Å². The first kappa shape index (κ1) is 11.0. The maximum atomic E-state index is 12.2. The molecule has 0 fully saturated rings. The third-order valence-electron chi connectivity index (χ3n) is 1.48. The van der Waals surface area contributed by atoms with Crippen LogP contribution < -0.4 is 0 Å². The van der Waals surface area contributed by atoms with E-state index in [1.54, 1.807) is 0 Å². The number of hydrogen-bond acceptors (Lipinski definition) is 0. The lowest BCUT2D eigenvalue weighted by atomic mass is 10.2. The Morgan fingerprint density at radius 1 is 1.07 bits per heavy atom. The van der Waals surface area contributed by atoms with Gasteiger partial charge in [0.1, 0.15) is 4.90 Å². The smallest absolute Gasteiger partial charge is 0.0936 e. The molecule has 0 heterocycles. The van der Waals surface area contributed by atoms with Gasteiger partial charge in [0.15, 0.2) is 0 Å². The molecule has 0 aromatic heterocycles. The van der Waals surface area contributed by atoms with Crippen molar-refractivity contribution in [2.45, 2.75) is 4.90 Å². The summed E-state index contributed by atoms with van der Waals surface area (Å²) in [7, 11) is -9.55. The van der Waals surface area contributed by atoms with Crippen molar-refractivity contribution >= 4 is 10.2 Å². The largest absolute Gasteiger partial charge is 0.310 e. The molecule has 0 aliphatic carbocycles. The minimum absolute atomic E-state index is 0.115. The van der Waals surface area contributed by atoms with Crippen molar-refractivity contribution in [2.24, 2.45) is 0 Å². The van der Waals surface area contributed by atoms with Crippen LogP contribution in [0.15, 0.2) is 35.7 Å². The van der Waals surface area contributed by atoms with Gasteiger partial charge < -0.3 is 0 Å². The van der Waals surface area contributed by atoms with E-state index in [9.17, 15) is 19.4 Å². The number of hydrogen-bond donors (Lipinski definition) is 0. The first-order valence-electron chi connectivity index (χ1n) is 3.40. The minimum Gasteiger partial charge on any atom is -0.0936 e. The summed E-state index contributed by atoms with van der Waals surface area (Å²) in [6.07, 6.45) is 2.11. The topological polar surface area (TPSA) is 0 Å². The minimum atomic E-state index is -9.55. The van der Waals surface area contributed by atoms with E-state index in [-0.39, 0.29) is 5.56 Å². The molecule has 0 saturated heterocycles. The van der Waals surface area contributed by atoms with E-state index in [1.165, 1.54) is 6.07 Å².